The van der Waals surface area contributed by atoms with E-state index in [0.717, 1.165) is 24.3 Å². The van der Waals surface area contributed by atoms with Crippen LogP contribution < -0.4 is 10.9 Å². The van der Waals surface area contributed by atoms with Crippen LogP contribution in [-0.4, -0.2) is 11.0 Å². The number of hydrogen-bond acceptors (Lipinski definition) is 5. The molecule has 0 spiro atoms. The van der Waals surface area contributed by atoms with E-state index in [-0.39, 0.29) is 16.7 Å². The highest BCUT2D eigenvalue weighted by Crippen LogP contribution is 2.35. The number of carbonyl (C=O) groups is 1. The Balaban J connectivity index is 2.23. The molecule has 2 aromatic carbocycles. The van der Waals surface area contributed by atoms with Crippen LogP contribution in [0.3, 0.4) is 0 Å². The van der Waals surface area contributed by atoms with Gasteiger partial charge in [-0.05, 0) is 36.4 Å². The van der Waals surface area contributed by atoms with Gasteiger partial charge in [-0.15, -0.1) is 0 Å². The topological polar surface area (TPSA) is 109 Å². The summed E-state index contributed by atoms with van der Waals surface area (Å²) in [5.74, 6) is -1.39. The monoisotopic (exact) mass is 346 g/mol. The van der Waals surface area contributed by atoms with Gasteiger partial charge < -0.3 is 5.11 Å². The minimum absolute atomic E-state index is 0.119. The van der Waals surface area contributed by atoms with Crippen molar-refractivity contribution in [1.29, 1.82) is 10.5 Å². The number of phenols is 1. The number of aromatic hydroxyl groups is 1. The molecule has 0 bridgehead atoms. The van der Waals surface area contributed by atoms with E-state index in [1.54, 1.807) is 12.1 Å². The van der Waals surface area contributed by atoms with Gasteiger partial charge in [0.05, 0.1) is 40.1 Å². The van der Waals surface area contributed by atoms with Crippen LogP contribution in [0.15, 0.2) is 36.4 Å². The molecule has 2 rings (SSSR count). The first kappa shape index (κ1) is 17.6. The van der Waals surface area contributed by atoms with Crippen LogP contribution >= 0.6 is 0 Å². The molecule has 0 aliphatic carbocycles. The average Bonchev–Trinajstić information content (AvgIpc) is 2.58. The van der Waals surface area contributed by atoms with Gasteiger partial charge in [0.2, 0.25) is 0 Å². The number of rotatable bonds is 3. The van der Waals surface area contributed by atoms with E-state index < -0.39 is 29.1 Å². The standard InChI is InChI=1S/C16H9F3N4O2/c17-16(18,19)12-5-9(7-20)2-4-13(12)22-23-15(25)11-3-1-10(8-21)6-14(11)24/h1-6,22,24H,(H,23,25). The van der Waals surface area contributed by atoms with Gasteiger partial charge in [-0.3, -0.25) is 15.6 Å². The summed E-state index contributed by atoms with van der Waals surface area (Å²) in [6.07, 6.45) is -4.74. The fraction of sp³-hybridized carbons (Fsp3) is 0.0625. The summed E-state index contributed by atoms with van der Waals surface area (Å²) in [4.78, 5) is 12.0. The predicted molar refractivity (Wildman–Crippen MR) is 80.1 cm³/mol. The second-order valence-corrected chi connectivity index (χ2v) is 4.79. The number of nitrogens with zero attached hydrogens (tertiary/aromatic N) is 2. The Kier molecular flexibility index (Phi) is 4.80. The molecule has 0 radical (unpaired) electrons. The molecule has 3 N–H and O–H groups in total. The quantitative estimate of drug-likeness (QED) is 0.741. The number of halogens is 3. The molecule has 25 heavy (non-hydrogen) atoms. The molecule has 0 saturated heterocycles. The van der Waals surface area contributed by atoms with E-state index in [4.69, 9.17) is 10.5 Å². The second kappa shape index (κ2) is 6.81. The number of nitrogens with one attached hydrogen (secondary N) is 2. The molecule has 0 atom stereocenters. The summed E-state index contributed by atoms with van der Waals surface area (Å²) in [5.41, 5.74) is 2.26. The lowest BCUT2D eigenvalue weighted by Crippen LogP contribution is -2.30. The summed E-state index contributed by atoms with van der Waals surface area (Å²) in [6.45, 7) is 0. The fourth-order valence-corrected chi connectivity index (χ4v) is 1.94. The highest BCUT2D eigenvalue weighted by molar-refractivity contribution is 5.97. The lowest BCUT2D eigenvalue weighted by Gasteiger charge is -2.15. The lowest BCUT2D eigenvalue weighted by atomic mass is 10.1. The molecule has 0 saturated carbocycles. The molecule has 0 aliphatic rings. The van der Waals surface area contributed by atoms with Gasteiger partial charge in [0.25, 0.3) is 5.91 Å². The van der Waals surface area contributed by atoms with Gasteiger partial charge in [0.15, 0.2) is 0 Å². The zero-order valence-corrected chi connectivity index (χ0v) is 12.3. The molecule has 0 aromatic heterocycles. The lowest BCUT2D eigenvalue weighted by molar-refractivity contribution is -0.137. The second-order valence-electron chi connectivity index (χ2n) is 4.79. The van der Waals surface area contributed by atoms with Crippen molar-refractivity contribution in [3.63, 3.8) is 0 Å². The van der Waals surface area contributed by atoms with E-state index in [0.29, 0.717) is 6.07 Å². The third-order valence-electron chi connectivity index (χ3n) is 3.14. The van der Waals surface area contributed by atoms with Crippen LogP contribution in [0.1, 0.15) is 27.0 Å². The summed E-state index contributed by atoms with van der Waals surface area (Å²) in [7, 11) is 0. The molecule has 9 heteroatoms. The summed E-state index contributed by atoms with van der Waals surface area (Å²) in [6, 6.07) is 9.66. The maximum absolute atomic E-state index is 13.0. The maximum Gasteiger partial charge on any atom is 0.418 e. The zero-order chi connectivity index (χ0) is 18.6. The highest BCUT2D eigenvalue weighted by Gasteiger charge is 2.34. The predicted octanol–water partition coefficient (Wildman–Crippen LogP) is 2.91. The minimum Gasteiger partial charge on any atom is -0.507 e. The number of nitriles is 2. The first-order valence-corrected chi connectivity index (χ1v) is 6.67. The van der Waals surface area contributed by atoms with Crippen molar-refractivity contribution in [3.05, 3.63) is 58.7 Å². The normalized spacial score (nSPS) is 10.4. The van der Waals surface area contributed by atoms with Crippen LogP contribution in [0.2, 0.25) is 0 Å². The third-order valence-corrected chi connectivity index (χ3v) is 3.14. The molecule has 0 fully saturated rings. The van der Waals surface area contributed by atoms with Crippen LogP contribution in [-0.2, 0) is 6.18 Å². The Morgan fingerprint density at radius 1 is 1.04 bits per heavy atom. The van der Waals surface area contributed by atoms with Gasteiger partial charge >= 0.3 is 6.18 Å². The molecule has 1 amide bonds. The molecule has 2 aromatic rings. The largest absolute Gasteiger partial charge is 0.507 e. The third kappa shape index (κ3) is 3.98. The Labute approximate surface area is 139 Å². The first-order chi connectivity index (χ1) is 11.8. The highest BCUT2D eigenvalue weighted by atomic mass is 19.4. The number of amides is 1. The fourth-order valence-electron chi connectivity index (χ4n) is 1.94. The molecule has 0 aliphatic heterocycles. The van der Waals surface area contributed by atoms with E-state index in [1.165, 1.54) is 6.07 Å². The Morgan fingerprint density at radius 2 is 1.64 bits per heavy atom. The molecule has 0 unspecified atom stereocenters. The summed E-state index contributed by atoms with van der Waals surface area (Å²) in [5, 5.41) is 27.1. The van der Waals surface area contributed by atoms with E-state index in [9.17, 15) is 23.1 Å². The number of benzene rings is 2. The Morgan fingerprint density at radius 3 is 2.20 bits per heavy atom. The van der Waals surface area contributed by atoms with Crippen LogP contribution in [0.4, 0.5) is 18.9 Å². The first-order valence-electron chi connectivity index (χ1n) is 6.67. The number of hydrogen-bond donors (Lipinski definition) is 3. The van der Waals surface area contributed by atoms with Crippen molar-refractivity contribution < 1.29 is 23.1 Å². The molecular formula is C16H9F3N4O2. The van der Waals surface area contributed by atoms with Crippen molar-refractivity contribution in [2.24, 2.45) is 0 Å². The number of alkyl halides is 3. The van der Waals surface area contributed by atoms with Crippen molar-refractivity contribution in [3.8, 4) is 17.9 Å². The summed E-state index contributed by atoms with van der Waals surface area (Å²) < 4.78 is 39.1. The van der Waals surface area contributed by atoms with Crippen LogP contribution in [0, 0.1) is 22.7 Å². The van der Waals surface area contributed by atoms with Crippen molar-refractivity contribution >= 4 is 11.6 Å². The minimum atomic E-state index is -4.74. The zero-order valence-electron chi connectivity index (χ0n) is 12.3. The molecule has 0 heterocycles. The van der Waals surface area contributed by atoms with E-state index >= 15 is 0 Å². The number of phenolic OH excluding ortho intramolecular Hbond substituents is 1. The number of carbonyl (C=O) groups excluding carboxylic acids is 1. The smallest absolute Gasteiger partial charge is 0.418 e. The average molecular weight is 346 g/mol. The van der Waals surface area contributed by atoms with Crippen LogP contribution in [0.5, 0.6) is 5.75 Å². The van der Waals surface area contributed by atoms with Gasteiger partial charge in [0.1, 0.15) is 5.75 Å². The van der Waals surface area contributed by atoms with Crippen molar-refractivity contribution in [1.82, 2.24) is 5.43 Å². The molecule has 126 valence electrons. The maximum atomic E-state index is 13.0. The Bertz CT molecular complexity index is 911. The van der Waals surface area contributed by atoms with Crippen molar-refractivity contribution in [2.75, 3.05) is 5.43 Å². The van der Waals surface area contributed by atoms with Crippen molar-refractivity contribution in [2.45, 2.75) is 6.18 Å². The van der Waals surface area contributed by atoms with Gasteiger partial charge in [-0.2, -0.15) is 23.7 Å². The van der Waals surface area contributed by atoms with Gasteiger partial charge in [0, 0.05) is 0 Å². The SMILES string of the molecule is N#Cc1ccc(C(=O)NNc2ccc(C#N)cc2C(F)(F)F)c(O)c1. The van der Waals surface area contributed by atoms with Gasteiger partial charge in [-0.25, -0.2) is 0 Å². The van der Waals surface area contributed by atoms with Gasteiger partial charge in [-0.1, -0.05) is 0 Å². The van der Waals surface area contributed by atoms with Crippen LogP contribution in [0.25, 0.3) is 0 Å². The summed E-state index contributed by atoms with van der Waals surface area (Å²) >= 11 is 0. The van der Waals surface area contributed by atoms with E-state index in [1.807, 2.05) is 5.43 Å². The number of anilines is 1. The molecule has 6 nitrogen and oxygen atoms in total. The Hall–Kier alpha value is -3.72. The number of hydrazine groups is 1. The molecular weight excluding hydrogens is 337 g/mol. The van der Waals surface area contributed by atoms with E-state index in [2.05, 4.69) is 5.43 Å².